The molecule has 0 aromatic carbocycles. The first-order chi connectivity index (χ1) is 11.3. The Hall–Kier alpha value is -1.13. The van der Waals surface area contributed by atoms with Gasteiger partial charge in [-0.1, -0.05) is 18.6 Å². The average Bonchev–Trinajstić information content (AvgIpc) is 2.83. The van der Waals surface area contributed by atoms with E-state index >= 15 is 0 Å². The number of rotatable bonds is 1. The summed E-state index contributed by atoms with van der Waals surface area (Å²) in [5.74, 6) is -1.18. The van der Waals surface area contributed by atoms with Crippen molar-refractivity contribution in [3.63, 3.8) is 0 Å². The Labute approximate surface area is 142 Å². The van der Waals surface area contributed by atoms with E-state index in [9.17, 15) is 9.90 Å². The van der Waals surface area contributed by atoms with E-state index in [2.05, 4.69) is 25.7 Å². The molecule has 5 fully saturated rings. The van der Waals surface area contributed by atoms with Crippen molar-refractivity contribution >= 4 is 5.97 Å². The fraction of sp³-hybridized carbons (Fsp3) is 0.750. The second-order valence-electron chi connectivity index (χ2n) is 9.22. The molecule has 3 saturated heterocycles. The van der Waals surface area contributed by atoms with Crippen molar-refractivity contribution < 1.29 is 19.4 Å². The summed E-state index contributed by atoms with van der Waals surface area (Å²) in [6.45, 7) is 8.71. The van der Waals surface area contributed by atoms with Gasteiger partial charge in [-0.25, -0.2) is 0 Å². The van der Waals surface area contributed by atoms with Crippen LogP contribution in [0.15, 0.2) is 24.3 Å². The summed E-state index contributed by atoms with van der Waals surface area (Å²) in [5, 5.41) is 11.0. The van der Waals surface area contributed by atoms with Crippen LogP contribution in [0.4, 0.5) is 0 Å². The Morgan fingerprint density at radius 1 is 1.33 bits per heavy atom. The first kappa shape index (κ1) is 15.2. The number of esters is 1. The van der Waals surface area contributed by atoms with E-state index in [0.29, 0.717) is 18.9 Å². The zero-order chi connectivity index (χ0) is 17.0. The molecule has 24 heavy (non-hydrogen) atoms. The largest absolute Gasteiger partial charge is 0.457 e. The van der Waals surface area contributed by atoms with Crippen LogP contribution in [0.1, 0.15) is 46.0 Å². The lowest BCUT2D eigenvalue weighted by Gasteiger charge is -2.65. The molecule has 2 bridgehead atoms. The summed E-state index contributed by atoms with van der Waals surface area (Å²) in [6, 6.07) is 0. The zero-order valence-electron chi connectivity index (χ0n) is 14.5. The molecule has 4 heteroatoms. The Kier molecular flexibility index (Phi) is 2.62. The van der Waals surface area contributed by atoms with Crippen LogP contribution in [-0.2, 0) is 14.3 Å². The van der Waals surface area contributed by atoms with Crippen molar-refractivity contribution in [2.24, 2.45) is 28.1 Å². The first-order valence-corrected chi connectivity index (χ1v) is 9.20. The lowest BCUT2D eigenvalue weighted by molar-refractivity contribution is -0.367. The van der Waals surface area contributed by atoms with E-state index in [1.807, 2.05) is 6.92 Å². The first-order valence-electron chi connectivity index (χ1n) is 9.20. The number of hydrogen-bond donors (Lipinski definition) is 1. The van der Waals surface area contributed by atoms with Gasteiger partial charge in [-0.3, -0.25) is 4.79 Å². The molecule has 130 valence electrons. The van der Waals surface area contributed by atoms with Crippen LogP contribution in [0.5, 0.6) is 0 Å². The predicted molar refractivity (Wildman–Crippen MR) is 87.8 cm³/mol. The number of hydrogen-bond acceptors (Lipinski definition) is 4. The van der Waals surface area contributed by atoms with Crippen LogP contribution in [0.3, 0.4) is 0 Å². The summed E-state index contributed by atoms with van der Waals surface area (Å²) >= 11 is 0. The van der Waals surface area contributed by atoms with Crippen LogP contribution < -0.4 is 0 Å². The van der Waals surface area contributed by atoms with Gasteiger partial charge in [0.2, 0.25) is 0 Å². The van der Waals surface area contributed by atoms with Crippen LogP contribution in [0.2, 0.25) is 0 Å². The molecule has 1 N–H and O–H groups in total. The minimum absolute atomic E-state index is 0.0341. The van der Waals surface area contributed by atoms with Crippen LogP contribution in [-0.4, -0.2) is 29.6 Å². The maximum absolute atomic E-state index is 12.7. The van der Waals surface area contributed by atoms with Crippen LogP contribution >= 0.6 is 0 Å². The van der Waals surface area contributed by atoms with Crippen LogP contribution in [0.25, 0.3) is 0 Å². The van der Waals surface area contributed by atoms with Crippen molar-refractivity contribution in [2.75, 3.05) is 6.61 Å². The van der Waals surface area contributed by atoms with E-state index in [1.54, 1.807) is 0 Å². The van der Waals surface area contributed by atoms with Gasteiger partial charge >= 0.3 is 5.97 Å². The Morgan fingerprint density at radius 2 is 2.12 bits per heavy atom. The normalized spacial score (nSPS) is 57.7. The van der Waals surface area contributed by atoms with Gasteiger partial charge in [0.25, 0.3) is 0 Å². The fourth-order valence-electron chi connectivity index (χ4n) is 6.71. The van der Waals surface area contributed by atoms with Crippen molar-refractivity contribution in [3.05, 3.63) is 24.3 Å². The van der Waals surface area contributed by atoms with E-state index in [0.717, 1.165) is 25.7 Å². The average molecular weight is 330 g/mol. The minimum Gasteiger partial charge on any atom is -0.457 e. The SMILES string of the molecule is C=C[C@]1(C)CCC2C(=CC3OC(=O)[C@]4(C)C3[C@]23CC[C@@]4(O)OC3)C1. The third-order valence-corrected chi connectivity index (χ3v) is 8.18. The molecule has 3 unspecified atom stereocenters. The highest BCUT2D eigenvalue weighted by Crippen LogP contribution is 2.71. The summed E-state index contributed by atoms with van der Waals surface area (Å²) in [5.41, 5.74) is 0.540. The van der Waals surface area contributed by atoms with Crippen molar-refractivity contribution in [1.29, 1.82) is 0 Å². The Morgan fingerprint density at radius 3 is 2.79 bits per heavy atom. The molecule has 1 spiro atoms. The third kappa shape index (κ3) is 1.43. The molecule has 0 aromatic heterocycles. The zero-order valence-corrected chi connectivity index (χ0v) is 14.5. The topological polar surface area (TPSA) is 55.8 Å². The molecule has 0 radical (unpaired) electrons. The van der Waals surface area contributed by atoms with E-state index in [-0.39, 0.29) is 28.8 Å². The smallest absolute Gasteiger partial charge is 0.318 e. The van der Waals surface area contributed by atoms with E-state index < -0.39 is 11.2 Å². The summed E-state index contributed by atoms with van der Waals surface area (Å²) in [6.07, 6.45) is 8.73. The highest BCUT2D eigenvalue weighted by molar-refractivity contribution is 5.82. The predicted octanol–water partition coefficient (Wildman–Crippen LogP) is 2.97. The summed E-state index contributed by atoms with van der Waals surface area (Å²) in [7, 11) is 0. The number of aliphatic hydroxyl groups is 1. The lowest BCUT2D eigenvalue weighted by Crippen LogP contribution is -2.71. The Bertz CT molecular complexity index is 671. The lowest BCUT2D eigenvalue weighted by atomic mass is 9.42. The van der Waals surface area contributed by atoms with Gasteiger partial charge in [0.15, 0.2) is 5.79 Å². The van der Waals surface area contributed by atoms with Crippen LogP contribution in [0, 0.1) is 28.1 Å². The number of allylic oxidation sites excluding steroid dienone is 2. The monoisotopic (exact) mass is 330 g/mol. The molecule has 0 amide bonds. The quantitative estimate of drug-likeness (QED) is 0.593. The molecule has 2 saturated carbocycles. The van der Waals surface area contributed by atoms with Gasteiger partial charge < -0.3 is 14.6 Å². The summed E-state index contributed by atoms with van der Waals surface area (Å²) in [4.78, 5) is 12.7. The van der Waals surface area contributed by atoms with Gasteiger partial charge in [-0.15, -0.1) is 6.58 Å². The van der Waals surface area contributed by atoms with Crippen molar-refractivity contribution in [3.8, 4) is 0 Å². The maximum Gasteiger partial charge on any atom is 0.318 e. The van der Waals surface area contributed by atoms with Gasteiger partial charge in [0, 0.05) is 17.8 Å². The number of ether oxygens (including phenoxy) is 2. The summed E-state index contributed by atoms with van der Waals surface area (Å²) < 4.78 is 11.8. The molecule has 3 aliphatic carbocycles. The maximum atomic E-state index is 12.7. The number of carbonyl (C=O) groups excluding carboxylic acids is 1. The Balaban J connectivity index is 1.67. The van der Waals surface area contributed by atoms with Gasteiger partial charge in [-0.2, -0.15) is 0 Å². The van der Waals surface area contributed by atoms with Gasteiger partial charge in [0.05, 0.1) is 6.61 Å². The van der Waals surface area contributed by atoms with Gasteiger partial charge in [0.1, 0.15) is 11.5 Å². The molecule has 4 nitrogen and oxygen atoms in total. The molecular weight excluding hydrogens is 304 g/mol. The van der Waals surface area contributed by atoms with Gasteiger partial charge in [-0.05, 0) is 50.0 Å². The minimum atomic E-state index is -1.36. The second-order valence-corrected chi connectivity index (χ2v) is 9.22. The molecular formula is C20H26O4. The third-order valence-electron chi connectivity index (χ3n) is 8.18. The number of fused-ring (bicyclic) bond motifs is 3. The van der Waals surface area contributed by atoms with Crippen molar-refractivity contribution in [2.45, 2.75) is 57.8 Å². The standard InChI is InChI=1S/C20H26O4/c1-4-17(2)6-5-13-12(10-17)9-14-15-18(3,16(21)24-14)20(22)8-7-19(13,15)11-23-20/h4,9,13-15,22H,1,5-8,10-11H2,2-3H3/t13?,14?,15?,17-,18+,19+,20-/m1/s1. The van der Waals surface area contributed by atoms with E-state index in [4.69, 9.17) is 9.47 Å². The van der Waals surface area contributed by atoms with Crippen molar-refractivity contribution in [1.82, 2.24) is 0 Å². The molecule has 0 aromatic rings. The van der Waals surface area contributed by atoms with E-state index in [1.165, 1.54) is 5.57 Å². The molecule has 7 atom stereocenters. The highest BCUT2D eigenvalue weighted by Gasteiger charge is 2.78. The molecule has 3 aliphatic heterocycles. The number of carbonyl (C=O) groups is 1. The molecule has 6 rings (SSSR count). The molecule has 6 aliphatic rings. The highest BCUT2D eigenvalue weighted by atomic mass is 16.6. The second kappa shape index (κ2) is 4.16. The molecule has 3 heterocycles. The fourth-order valence-corrected chi connectivity index (χ4v) is 6.71.